The first kappa shape index (κ1) is 22.6. The Balaban J connectivity index is 2.16. The highest BCUT2D eigenvalue weighted by atomic mass is 32.2. The number of carbonyl (C=O) groups excluding carboxylic acids is 1. The smallest absolute Gasteiger partial charge is 0.253 e. The first-order valence-electron chi connectivity index (χ1n) is 9.95. The quantitative estimate of drug-likeness (QED) is 0.638. The molecule has 1 N–H and O–H groups in total. The number of amides is 1. The molecule has 1 aliphatic heterocycles. The van der Waals surface area contributed by atoms with Crippen LogP contribution in [0.15, 0.2) is 23.1 Å². The van der Waals surface area contributed by atoms with Gasteiger partial charge in [-0.3, -0.25) is 4.79 Å². The van der Waals surface area contributed by atoms with Crippen LogP contribution in [-0.4, -0.2) is 51.0 Å². The molecule has 0 spiro atoms. The van der Waals surface area contributed by atoms with E-state index in [0.29, 0.717) is 43.7 Å². The average Bonchev–Trinajstić information content (AvgIpc) is 3.18. The fraction of sp³-hybridized carbons (Fsp3) is 0.650. The van der Waals surface area contributed by atoms with Gasteiger partial charge in [-0.25, -0.2) is 8.42 Å². The van der Waals surface area contributed by atoms with Gasteiger partial charge in [0.1, 0.15) is 16.7 Å². The molecule has 1 fully saturated rings. The van der Waals surface area contributed by atoms with Crippen LogP contribution in [0, 0.1) is 5.92 Å². The van der Waals surface area contributed by atoms with Gasteiger partial charge in [-0.15, -0.1) is 0 Å². The summed E-state index contributed by atoms with van der Waals surface area (Å²) in [5.41, 5.74) is 0.408. The molecule has 7 nitrogen and oxygen atoms in total. The van der Waals surface area contributed by atoms with Crippen LogP contribution in [0.25, 0.3) is 0 Å². The lowest BCUT2D eigenvalue weighted by Gasteiger charge is -2.19. The monoisotopic (exact) mass is 412 g/mol. The number of hydrogen-bond donors (Lipinski definition) is 1. The summed E-state index contributed by atoms with van der Waals surface area (Å²) in [6.45, 7) is 9.55. The van der Waals surface area contributed by atoms with Crippen molar-refractivity contribution in [2.45, 2.75) is 58.0 Å². The lowest BCUT2D eigenvalue weighted by molar-refractivity contribution is -0.126. The van der Waals surface area contributed by atoms with Gasteiger partial charge in [0.05, 0.1) is 6.61 Å². The number of benzene rings is 1. The third-order valence-corrected chi connectivity index (χ3v) is 6.55. The highest BCUT2D eigenvalue weighted by molar-refractivity contribution is 7.89. The maximum atomic E-state index is 13.0. The Bertz CT molecular complexity index is 758. The molecule has 158 valence electrons. The summed E-state index contributed by atoms with van der Waals surface area (Å²) < 4.78 is 38.6. The van der Waals surface area contributed by atoms with E-state index in [2.05, 4.69) is 19.2 Å². The summed E-state index contributed by atoms with van der Waals surface area (Å²) in [6, 6.07) is 4.70. The molecule has 0 radical (unpaired) electrons. The Morgan fingerprint density at radius 1 is 1.21 bits per heavy atom. The van der Waals surface area contributed by atoms with Crippen molar-refractivity contribution in [3.05, 3.63) is 18.2 Å². The van der Waals surface area contributed by atoms with Crippen molar-refractivity contribution >= 4 is 21.6 Å². The summed E-state index contributed by atoms with van der Waals surface area (Å²) in [5.74, 6) is 0.491. The van der Waals surface area contributed by atoms with E-state index in [4.69, 9.17) is 9.47 Å². The van der Waals surface area contributed by atoms with Crippen LogP contribution >= 0.6 is 0 Å². The largest absolute Gasteiger partial charge is 0.492 e. The molecule has 0 saturated carbocycles. The summed E-state index contributed by atoms with van der Waals surface area (Å²) >= 11 is 0. The van der Waals surface area contributed by atoms with Gasteiger partial charge >= 0.3 is 0 Å². The Labute approximate surface area is 168 Å². The molecule has 2 rings (SSSR count). The Morgan fingerprint density at radius 3 is 2.50 bits per heavy atom. The van der Waals surface area contributed by atoms with Crippen molar-refractivity contribution in [3.63, 3.8) is 0 Å². The minimum Gasteiger partial charge on any atom is -0.492 e. The van der Waals surface area contributed by atoms with Gasteiger partial charge in [-0.05, 0) is 57.2 Å². The molecule has 1 atom stereocenters. The van der Waals surface area contributed by atoms with Gasteiger partial charge < -0.3 is 14.8 Å². The van der Waals surface area contributed by atoms with Gasteiger partial charge in [0.25, 0.3) is 5.91 Å². The lowest BCUT2D eigenvalue weighted by Crippen LogP contribution is -2.29. The second kappa shape index (κ2) is 10.2. The Hall–Kier alpha value is -1.64. The molecule has 0 aliphatic carbocycles. The fourth-order valence-electron chi connectivity index (χ4n) is 2.93. The molecule has 1 amide bonds. The highest BCUT2D eigenvalue weighted by Gasteiger charge is 2.30. The van der Waals surface area contributed by atoms with E-state index in [0.717, 1.165) is 19.3 Å². The van der Waals surface area contributed by atoms with E-state index >= 15 is 0 Å². The standard InChI is InChI=1S/C20H32N2O5S/c1-5-26-18-9-8-17(21-20(23)16(4)27-13-10-15(2)3)14-19(18)28(24,25)22-11-6-7-12-22/h8-9,14-16H,5-7,10-13H2,1-4H3,(H,21,23). The van der Waals surface area contributed by atoms with E-state index in [1.165, 1.54) is 10.4 Å². The molecule has 0 bridgehead atoms. The van der Waals surface area contributed by atoms with Crippen molar-refractivity contribution in [1.29, 1.82) is 0 Å². The number of carbonyl (C=O) groups is 1. The van der Waals surface area contributed by atoms with E-state index in [1.807, 2.05) is 0 Å². The molecule has 1 aromatic rings. The zero-order chi connectivity index (χ0) is 20.7. The van der Waals surface area contributed by atoms with Crippen molar-refractivity contribution in [2.24, 2.45) is 5.92 Å². The topological polar surface area (TPSA) is 84.9 Å². The third kappa shape index (κ3) is 5.93. The van der Waals surface area contributed by atoms with Crippen LogP contribution in [0.3, 0.4) is 0 Å². The molecule has 1 saturated heterocycles. The molecule has 8 heteroatoms. The first-order chi connectivity index (χ1) is 13.3. The number of ether oxygens (including phenoxy) is 2. The fourth-order valence-corrected chi connectivity index (χ4v) is 4.60. The minimum atomic E-state index is -3.67. The van der Waals surface area contributed by atoms with Gasteiger partial charge in [0.2, 0.25) is 10.0 Å². The molecular weight excluding hydrogens is 380 g/mol. The van der Waals surface area contributed by atoms with Gasteiger partial charge in [-0.2, -0.15) is 4.31 Å². The summed E-state index contributed by atoms with van der Waals surface area (Å²) in [5, 5.41) is 2.75. The molecular formula is C20H32N2O5S. The molecule has 1 aromatic carbocycles. The van der Waals surface area contributed by atoms with Crippen LogP contribution in [0.4, 0.5) is 5.69 Å². The van der Waals surface area contributed by atoms with Crippen LogP contribution in [0.5, 0.6) is 5.75 Å². The Morgan fingerprint density at radius 2 is 1.89 bits per heavy atom. The van der Waals surface area contributed by atoms with Crippen molar-refractivity contribution in [1.82, 2.24) is 4.31 Å². The maximum Gasteiger partial charge on any atom is 0.253 e. The summed E-state index contributed by atoms with van der Waals surface area (Å²) in [7, 11) is -3.67. The number of nitrogens with zero attached hydrogens (tertiary/aromatic N) is 1. The van der Waals surface area contributed by atoms with E-state index in [9.17, 15) is 13.2 Å². The second-order valence-electron chi connectivity index (χ2n) is 7.39. The van der Waals surface area contributed by atoms with Crippen molar-refractivity contribution in [2.75, 3.05) is 31.6 Å². The van der Waals surface area contributed by atoms with Crippen LogP contribution in [0.2, 0.25) is 0 Å². The lowest BCUT2D eigenvalue weighted by atomic mass is 10.1. The molecule has 1 unspecified atom stereocenters. The number of hydrogen-bond acceptors (Lipinski definition) is 5. The van der Waals surface area contributed by atoms with Crippen LogP contribution in [-0.2, 0) is 19.6 Å². The summed E-state index contributed by atoms with van der Waals surface area (Å²) in [4.78, 5) is 12.5. The molecule has 0 aromatic heterocycles. The predicted molar refractivity (Wildman–Crippen MR) is 109 cm³/mol. The van der Waals surface area contributed by atoms with Crippen molar-refractivity contribution < 1.29 is 22.7 Å². The third-order valence-electron chi connectivity index (χ3n) is 4.63. The second-order valence-corrected chi connectivity index (χ2v) is 9.30. The number of rotatable bonds is 10. The molecule has 28 heavy (non-hydrogen) atoms. The number of nitrogens with one attached hydrogen (secondary N) is 1. The van der Waals surface area contributed by atoms with Gasteiger partial charge in [0, 0.05) is 25.4 Å². The normalized spacial score (nSPS) is 16.3. The summed E-state index contributed by atoms with van der Waals surface area (Å²) in [6.07, 6.45) is 1.96. The highest BCUT2D eigenvalue weighted by Crippen LogP contribution is 2.31. The maximum absolute atomic E-state index is 13.0. The average molecular weight is 413 g/mol. The van der Waals surface area contributed by atoms with E-state index in [-0.39, 0.29) is 10.8 Å². The van der Waals surface area contributed by atoms with E-state index < -0.39 is 16.1 Å². The van der Waals surface area contributed by atoms with E-state index in [1.54, 1.807) is 26.0 Å². The van der Waals surface area contributed by atoms with Crippen molar-refractivity contribution in [3.8, 4) is 5.75 Å². The predicted octanol–water partition coefficient (Wildman–Crippen LogP) is 3.26. The Kier molecular flexibility index (Phi) is 8.27. The number of sulfonamides is 1. The van der Waals surface area contributed by atoms with Gasteiger partial charge in [-0.1, -0.05) is 13.8 Å². The van der Waals surface area contributed by atoms with Crippen LogP contribution in [0.1, 0.15) is 47.0 Å². The van der Waals surface area contributed by atoms with Crippen LogP contribution < -0.4 is 10.1 Å². The van der Waals surface area contributed by atoms with Gasteiger partial charge in [0.15, 0.2) is 0 Å². The molecule has 1 aliphatic rings. The zero-order valence-corrected chi connectivity index (χ0v) is 18.0. The SMILES string of the molecule is CCOc1ccc(NC(=O)C(C)OCCC(C)C)cc1S(=O)(=O)N1CCCC1. The first-order valence-corrected chi connectivity index (χ1v) is 11.4. The zero-order valence-electron chi connectivity index (χ0n) is 17.2. The minimum absolute atomic E-state index is 0.0856. The number of anilines is 1. The molecule has 1 heterocycles.